The van der Waals surface area contributed by atoms with Crippen LogP contribution in [0.4, 0.5) is 0 Å². The topological polar surface area (TPSA) is 80.3 Å². The van der Waals surface area contributed by atoms with Crippen LogP contribution in [0.3, 0.4) is 0 Å². The van der Waals surface area contributed by atoms with Crippen molar-refractivity contribution in [3.63, 3.8) is 0 Å². The van der Waals surface area contributed by atoms with Crippen LogP contribution in [-0.4, -0.2) is 58.4 Å². The molecule has 7 nitrogen and oxygen atoms in total. The van der Waals surface area contributed by atoms with E-state index < -0.39 is 0 Å². The fraction of sp³-hybridized carbons (Fsp3) is 0.875. The SMILES string of the molecule is CCOCC.CCOCC(=O)OCC.CCOCOC(=O)CC. The zero-order chi connectivity index (χ0) is 18.3. The van der Waals surface area contributed by atoms with Gasteiger partial charge in [-0.2, -0.15) is 0 Å². The lowest BCUT2D eigenvalue weighted by Gasteiger charge is -2.00. The van der Waals surface area contributed by atoms with E-state index >= 15 is 0 Å². The van der Waals surface area contributed by atoms with Crippen molar-refractivity contribution in [2.45, 2.75) is 48.0 Å². The summed E-state index contributed by atoms with van der Waals surface area (Å²) in [6.45, 7) is 14.6. The van der Waals surface area contributed by atoms with E-state index in [0.717, 1.165) is 13.2 Å². The van der Waals surface area contributed by atoms with Crippen molar-refractivity contribution in [3.8, 4) is 0 Å². The van der Waals surface area contributed by atoms with Gasteiger partial charge in [-0.05, 0) is 34.6 Å². The second-order valence-corrected chi connectivity index (χ2v) is 3.70. The van der Waals surface area contributed by atoms with E-state index in [1.165, 1.54) is 0 Å². The Morgan fingerprint density at radius 3 is 1.48 bits per heavy atom. The van der Waals surface area contributed by atoms with Crippen molar-refractivity contribution in [3.05, 3.63) is 0 Å². The van der Waals surface area contributed by atoms with Crippen LogP contribution in [0.1, 0.15) is 48.0 Å². The molecule has 0 spiro atoms. The summed E-state index contributed by atoms with van der Waals surface area (Å²) >= 11 is 0. The highest BCUT2D eigenvalue weighted by atomic mass is 16.7. The third-order valence-electron chi connectivity index (χ3n) is 1.93. The van der Waals surface area contributed by atoms with Gasteiger partial charge in [0.05, 0.1) is 6.61 Å². The minimum Gasteiger partial charge on any atom is -0.464 e. The number of carbonyl (C=O) groups excluding carboxylic acids is 2. The summed E-state index contributed by atoms with van der Waals surface area (Å²) in [5.41, 5.74) is 0. The molecule has 0 heterocycles. The molecule has 7 heteroatoms. The molecule has 0 aliphatic carbocycles. The number of rotatable bonds is 10. The molecule has 0 saturated heterocycles. The van der Waals surface area contributed by atoms with Crippen molar-refractivity contribution in [1.82, 2.24) is 0 Å². The maximum Gasteiger partial charge on any atom is 0.332 e. The molecule has 0 aromatic heterocycles. The molecule has 0 saturated carbocycles. The standard InChI is InChI=1S/2C6H12O3.C4H10O/c1-3-8-5-6(7)9-4-2;1-3-6(7)9-5-8-4-2;1-3-5-4-2/h2*3-5H2,1-2H3;3-4H2,1-2H3. The summed E-state index contributed by atoms with van der Waals surface area (Å²) in [5.74, 6) is -0.511. The highest BCUT2D eigenvalue weighted by Gasteiger charge is 1.97. The Morgan fingerprint density at radius 1 is 0.609 bits per heavy atom. The van der Waals surface area contributed by atoms with E-state index in [1.54, 1.807) is 13.8 Å². The smallest absolute Gasteiger partial charge is 0.332 e. The van der Waals surface area contributed by atoms with Gasteiger partial charge in [0.25, 0.3) is 0 Å². The normalized spacial score (nSPS) is 8.96. The lowest BCUT2D eigenvalue weighted by molar-refractivity contribution is -0.155. The van der Waals surface area contributed by atoms with Crippen molar-refractivity contribution in [1.29, 1.82) is 0 Å². The molecular formula is C16H34O7. The first-order valence-corrected chi connectivity index (χ1v) is 8.08. The Labute approximate surface area is 140 Å². The first-order chi connectivity index (χ1) is 11.0. The van der Waals surface area contributed by atoms with Crippen LogP contribution in [0.25, 0.3) is 0 Å². The summed E-state index contributed by atoms with van der Waals surface area (Å²) in [4.78, 5) is 20.8. The summed E-state index contributed by atoms with van der Waals surface area (Å²) in [7, 11) is 0. The molecule has 0 amide bonds. The number of ether oxygens (including phenoxy) is 5. The molecule has 140 valence electrons. The van der Waals surface area contributed by atoms with Gasteiger partial charge < -0.3 is 23.7 Å². The second kappa shape index (κ2) is 25.8. The molecular weight excluding hydrogens is 304 g/mol. The number of hydrogen-bond acceptors (Lipinski definition) is 7. The van der Waals surface area contributed by atoms with Crippen LogP contribution in [0.2, 0.25) is 0 Å². The van der Waals surface area contributed by atoms with E-state index in [4.69, 9.17) is 14.2 Å². The van der Waals surface area contributed by atoms with Gasteiger partial charge in [-0.25, -0.2) is 4.79 Å². The quantitative estimate of drug-likeness (QED) is 0.344. The first kappa shape index (κ1) is 26.7. The summed E-state index contributed by atoms with van der Waals surface area (Å²) in [6, 6.07) is 0. The maximum absolute atomic E-state index is 10.5. The van der Waals surface area contributed by atoms with Crippen LogP contribution in [0.5, 0.6) is 0 Å². The Bertz CT molecular complexity index is 243. The molecule has 23 heavy (non-hydrogen) atoms. The van der Waals surface area contributed by atoms with Crippen LogP contribution >= 0.6 is 0 Å². The van der Waals surface area contributed by atoms with Crippen LogP contribution in [-0.2, 0) is 33.3 Å². The zero-order valence-corrected chi connectivity index (χ0v) is 15.5. The van der Waals surface area contributed by atoms with Gasteiger partial charge in [-0.3, -0.25) is 4.79 Å². The molecule has 0 unspecified atom stereocenters. The Hall–Kier alpha value is -1.18. The van der Waals surface area contributed by atoms with Crippen molar-refractivity contribution in [2.24, 2.45) is 0 Å². The van der Waals surface area contributed by atoms with Gasteiger partial charge in [0.1, 0.15) is 6.61 Å². The average Bonchev–Trinajstić information content (AvgIpc) is 2.55. The molecule has 0 bridgehead atoms. The fourth-order valence-corrected chi connectivity index (χ4v) is 0.885. The van der Waals surface area contributed by atoms with Crippen LogP contribution in [0.15, 0.2) is 0 Å². The molecule has 0 aromatic rings. The molecule has 0 radical (unpaired) electrons. The van der Waals surface area contributed by atoms with Gasteiger partial charge in [0.15, 0.2) is 6.79 Å². The average molecular weight is 338 g/mol. The summed E-state index contributed by atoms with van der Waals surface area (Å²) in [5, 5.41) is 0. The number of carbonyl (C=O) groups is 2. The predicted molar refractivity (Wildman–Crippen MR) is 88.2 cm³/mol. The van der Waals surface area contributed by atoms with E-state index in [-0.39, 0.29) is 25.3 Å². The molecule has 0 aliphatic rings. The lowest BCUT2D eigenvalue weighted by Crippen LogP contribution is -2.11. The van der Waals surface area contributed by atoms with Crippen molar-refractivity contribution < 1.29 is 33.3 Å². The van der Waals surface area contributed by atoms with Gasteiger partial charge in [0.2, 0.25) is 0 Å². The lowest BCUT2D eigenvalue weighted by atomic mass is 10.5. The molecule has 0 rings (SSSR count). The van der Waals surface area contributed by atoms with Crippen molar-refractivity contribution in [2.75, 3.05) is 46.4 Å². The van der Waals surface area contributed by atoms with Gasteiger partial charge in [0, 0.05) is 32.8 Å². The number of esters is 2. The monoisotopic (exact) mass is 338 g/mol. The molecule has 0 fully saturated rings. The maximum atomic E-state index is 10.5. The third kappa shape index (κ3) is 33.6. The Morgan fingerprint density at radius 2 is 1.13 bits per heavy atom. The Kier molecular flexibility index (Phi) is 29.9. The second-order valence-electron chi connectivity index (χ2n) is 3.70. The largest absolute Gasteiger partial charge is 0.464 e. The zero-order valence-electron chi connectivity index (χ0n) is 15.5. The fourth-order valence-electron chi connectivity index (χ4n) is 0.885. The highest BCUT2D eigenvalue weighted by molar-refractivity contribution is 5.70. The van der Waals surface area contributed by atoms with E-state index in [1.807, 2.05) is 27.7 Å². The van der Waals surface area contributed by atoms with Crippen LogP contribution < -0.4 is 0 Å². The Balaban J connectivity index is -0.000000273. The number of hydrogen-bond donors (Lipinski definition) is 0. The first-order valence-electron chi connectivity index (χ1n) is 8.08. The van der Waals surface area contributed by atoms with Crippen LogP contribution in [0, 0.1) is 0 Å². The van der Waals surface area contributed by atoms with Gasteiger partial charge in [-0.15, -0.1) is 0 Å². The molecule has 0 atom stereocenters. The molecule has 0 N–H and O–H groups in total. The van der Waals surface area contributed by atoms with Gasteiger partial charge in [-0.1, -0.05) is 6.92 Å². The van der Waals surface area contributed by atoms with E-state index in [0.29, 0.717) is 26.2 Å². The van der Waals surface area contributed by atoms with Gasteiger partial charge >= 0.3 is 11.9 Å². The summed E-state index contributed by atoms with van der Waals surface area (Å²) < 4.78 is 23.5. The minimum absolute atomic E-state index is 0.0737. The predicted octanol–water partition coefficient (Wildman–Crippen LogP) is 2.56. The van der Waals surface area contributed by atoms with Crippen molar-refractivity contribution >= 4 is 11.9 Å². The minimum atomic E-state index is -0.292. The van der Waals surface area contributed by atoms with E-state index in [2.05, 4.69) is 9.47 Å². The third-order valence-corrected chi connectivity index (χ3v) is 1.93. The van der Waals surface area contributed by atoms with E-state index in [9.17, 15) is 9.59 Å². The molecule has 0 aliphatic heterocycles. The molecule has 0 aromatic carbocycles. The highest BCUT2D eigenvalue weighted by Crippen LogP contribution is 1.84. The summed E-state index contributed by atoms with van der Waals surface area (Å²) in [6.07, 6.45) is 0.410.